The van der Waals surface area contributed by atoms with Crippen molar-refractivity contribution >= 4 is 5.78 Å². The number of hydrogen-bond acceptors (Lipinski definition) is 3. The van der Waals surface area contributed by atoms with E-state index in [2.05, 4.69) is 48.9 Å². The Morgan fingerprint density at radius 2 is 2.03 bits per heavy atom. The van der Waals surface area contributed by atoms with E-state index in [1.54, 1.807) is 17.7 Å². The van der Waals surface area contributed by atoms with E-state index in [9.17, 15) is 9.18 Å². The fraction of sp³-hybridized carbons (Fsp3) is 0.690. The largest absolute Gasteiger partial charge is 0.303 e. The van der Waals surface area contributed by atoms with Gasteiger partial charge >= 0.3 is 0 Å². The van der Waals surface area contributed by atoms with Crippen molar-refractivity contribution in [2.75, 3.05) is 33.2 Å². The zero-order valence-corrected chi connectivity index (χ0v) is 20.7. The summed E-state index contributed by atoms with van der Waals surface area (Å²) < 4.78 is 13.3. The number of fused-ring (bicyclic) bond motifs is 2. The second-order valence-electron chi connectivity index (χ2n) is 11.8. The second-order valence-corrected chi connectivity index (χ2v) is 11.8. The predicted molar refractivity (Wildman–Crippen MR) is 133 cm³/mol. The fourth-order valence-electron chi connectivity index (χ4n) is 7.68. The molecule has 2 saturated heterocycles. The van der Waals surface area contributed by atoms with E-state index in [-0.39, 0.29) is 11.2 Å². The number of hydrogen-bond donors (Lipinski definition) is 0. The van der Waals surface area contributed by atoms with Crippen molar-refractivity contribution in [3.8, 4) is 0 Å². The van der Waals surface area contributed by atoms with Gasteiger partial charge in [0.15, 0.2) is 5.78 Å². The number of allylic oxidation sites excluding steroid dienone is 6. The lowest BCUT2D eigenvalue weighted by molar-refractivity contribution is -0.115. The van der Waals surface area contributed by atoms with Gasteiger partial charge in [0.1, 0.15) is 6.17 Å². The average molecular weight is 453 g/mol. The summed E-state index contributed by atoms with van der Waals surface area (Å²) in [5, 5.41) is 0. The van der Waals surface area contributed by atoms with E-state index in [1.807, 2.05) is 0 Å². The number of carbonyl (C=O) groups excluding carboxylic acids is 1. The molecule has 0 radical (unpaired) electrons. The van der Waals surface area contributed by atoms with Crippen molar-refractivity contribution in [2.45, 2.75) is 71.0 Å². The van der Waals surface area contributed by atoms with Gasteiger partial charge in [0.05, 0.1) is 0 Å². The van der Waals surface area contributed by atoms with Gasteiger partial charge in [0.25, 0.3) is 0 Å². The van der Waals surface area contributed by atoms with Crippen LogP contribution in [-0.2, 0) is 4.79 Å². The van der Waals surface area contributed by atoms with Gasteiger partial charge in [-0.1, -0.05) is 49.8 Å². The van der Waals surface area contributed by atoms with Crippen LogP contribution in [0.15, 0.2) is 47.6 Å². The molecule has 6 atom stereocenters. The molecule has 0 N–H and O–H groups in total. The first-order valence-corrected chi connectivity index (χ1v) is 13.2. The first-order chi connectivity index (χ1) is 15.8. The first-order valence-electron chi connectivity index (χ1n) is 13.2. The zero-order valence-electron chi connectivity index (χ0n) is 20.7. The van der Waals surface area contributed by atoms with Gasteiger partial charge in [0, 0.05) is 36.4 Å². The highest BCUT2D eigenvalue weighted by Gasteiger charge is 2.56. The monoisotopic (exact) mass is 452 g/mol. The summed E-state index contributed by atoms with van der Waals surface area (Å²) in [6.45, 7) is 9.56. The van der Waals surface area contributed by atoms with Crippen molar-refractivity contribution in [3.05, 3.63) is 47.6 Å². The van der Waals surface area contributed by atoms with E-state index in [1.165, 1.54) is 38.3 Å². The molecule has 5 aliphatic rings. The van der Waals surface area contributed by atoms with E-state index < -0.39 is 6.17 Å². The smallest absolute Gasteiger partial charge is 0.162 e. The molecule has 0 aromatic rings. The minimum absolute atomic E-state index is 0.165. The van der Waals surface area contributed by atoms with E-state index in [0.29, 0.717) is 35.8 Å². The van der Waals surface area contributed by atoms with Crippen LogP contribution in [0.4, 0.5) is 4.39 Å². The normalized spacial score (nSPS) is 41.0. The summed E-state index contributed by atoms with van der Waals surface area (Å²) >= 11 is 0. The zero-order chi connectivity index (χ0) is 23.2. The molecule has 0 aromatic heterocycles. The summed E-state index contributed by atoms with van der Waals surface area (Å²) in [6, 6.07) is 0.521. The molecule has 3 nitrogen and oxygen atoms in total. The summed E-state index contributed by atoms with van der Waals surface area (Å²) in [4.78, 5) is 17.8. The van der Waals surface area contributed by atoms with Gasteiger partial charge in [-0.25, -0.2) is 4.39 Å². The Hall–Kier alpha value is -1.52. The van der Waals surface area contributed by atoms with Gasteiger partial charge in [-0.15, -0.1) is 0 Å². The third kappa shape index (κ3) is 4.12. The molecular weight excluding hydrogens is 411 g/mol. The van der Waals surface area contributed by atoms with Crippen molar-refractivity contribution in [3.63, 3.8) is 0 Å². The Morgan fingerprint density at radius 1 is 1.18 bits per heavy atom. The van der Waals surface area contributed by atoms with Crippen LogP contribution in [0.1, 0.15) is 58.8 Å². The number of rotatable bonds is 5. The molecule has 0 aromatic carbocycles. The molecule has 33 heavy (non-hydrogen) atoms. The SMILES string of the molecule is CN1CCC2CCC3(C)CCN(CCCC(=O)C4=CCC(F)C=C4)C[C@H]3C3=CC=CC1[C@@]32C. The molecule has 0 amide bonds. The molecule has 180 valence electrons. The molecule has 2 aliphatic heterocycles. The van der Waals surface area contributed by atoms with Gasteiger partial charge in [0.2, 0.25) is 0 Å². The lowest BCUT2D eigenvalue weighted by Crippen LogP contribution is -2.56. The number of likely N-dealkylation sites (tertiary alicyclic amines) is 2. The van der Waals surface area contributed by atoms with Gasteiger partial charge < -0.3 is 4.90 Å². The number of alkyl halides is 1. The van der Waals surface area contributed by atoms with E-state index in [0.717, 1.165) is 32.0 Å². The summed E-state index contributed by atoms with van der Waals surface area (Å²) in [5.74, 6) is 1.54. The summed E-state index contributed by atoms with van der Waals surface area (Å²) in [7, 11) is 2.30. The van der Waals surface area contributed by atoms with Gasteiger partial charge in [-0.2, -0.15) is 0 Å². The molecule has 3 aliphatic carbocycles. The van der Waals surface area contributed by atoms with Crippen LogP contribution >= 0.6 is 0 Å². The van der Waals surface area contributed by atoms with Crippen molar-refractivity contribution in [2.24, 2.45) is 22.7 Å². The predicted octanol–water partition coefficient (Wildman–Crippen LogP) is 5.50. The highest BCUT2D eigenvalue weighted by Crippen LogP contribution is 2.60. The number of ketones is 1. The molecule has 2 heterocycles. The van der Waals surface area contributed by atoms with Crippen LogP contribution < -0.4 is 0 Å². The number of carbonyl (C=O) groups is 1. The molecule has 3 fully saturated rings. The minimum atomic E-state index is -0.933. The molecule has 1 saturated carbocycles. The van der Waals surface area contributed by atoms with Crippen molar-refractivity contribution in [1.29, 1.82) is 0 Å². The summed E-state index contributed by atoms with van der Waals surface area (Å²) in [6.07, 6.45) is 18.3. The maximum Gasteiger partial charge on any atom is 0.162 e. The summed E-state index contributed by atoms with van der Waals surface area (Å²) in [5.41, 5.74) is 3.03. The van der Waals surface area contributed by atoms with Gasteiger partial charge in [-0.05, 0) is 82.1 Å². The third-order valence-electron chi connectivity index (χ3n) is 9.93. The molecular formula is C29H41FN2O. The Balaban J connectivity index is 1.27. The minimum Gasteiger partial charge on any atom is -0.303 e. The highest BCUT2D eigenvalue weighted by atomic mass is 19.1. The third-order valence-corrected chi connectivity index (χ3v) is 9.93. The maximum absolute atomic E-state index is 13.3. The number of halogens is 1. The lowest BCUT2D eigenvalue weighted by atomic mass is 9.57. The number of Topliss-reactive ketones (excluding diaryl/α,β-unsaturated/α-hetero) is 1. The molecule has 0 spiro atoms. The Labute approximate surface area is 199 Å². The van der Waals surface area contributed by atoms with E-state index in [4.69, 9.17) is 0 Å². The average Bonchev–Trinajstić information content (AvgIpc) is 2.89. The second kappa shape index (κ2) is 8.92. The van der Waals surface area contributed by atoms with Crippen LogP contribution in [0, 0.1) is 22.7 Å². The Bertz CT molecular complexity index is 903. The molecule has 5 rings (SSSR count). The fourth-order valence-corrected chi connectivity index (χ4v) is 7.68. The topological polar surface area (TPSA) is 23.6 Å². The quantitative estimate of drug-likeness (QED) is 0.550. The first kappa shape index (κ1) is 23.2. The van der Waals surface area contributed by atoms with Gasteiger partial charge in [-0.3, -0.25) is 9.69 Å². The van der Waals surface area contributed by atoms with Crippen LogP contribution in [0.3, 0.4) is 0 Å². The van der Waals surface area contributed by atoms with Crippen LogP contribution in [-0.4, -0.2) is 61.0 Å². The van der Waals surface area contributed by atoms with Crippen LogP contribution in [0.25, 0.3) is 0 Å². The standard InChI is InChI=1S/C29H41FN2O/c1-28-15-13-22-14-18-31(3)27-8-4-6-24(29(22,27)2)25(28)20-32(19-16-28)17-5-7-26(33)21-9-11-23(30)12-10-21/h4,6,8-11,22-23,25,27H,5,7,12-20H2,1-3H3/t22?,23?,25-,27?,28?,29+/m0/s1. The number of piperidine rings is 2. The Kier molecular flexibility index (Phi) is 6.28. The lowest BCUT2D eigenvalue weighted by Gasteiger charge is -2.55. The Morgan fingerprint density at radius 3 is 2.82 bits per heavy atom. The van der Waals surface area contributed by atoms with Crippen molar-refractivity contribution < 1.29 is 9.18 Å². The molecule has 4 unspecified atom stereocenters. The number of nitrogens with zero attached hydrogens (tertiary/aromatic N) is 2. The van der Waals surface area contributed by atoms with Crippen LogP contribution in [0.2, 0.25) is 0 Å². The number of likely N-dealkylation sites (N-methyl/N-ethyl adjacent to an activating group) is 1. The molecule has 0 bridgehead atoms. The maximum atomic E-state index is 13.3. The molecule has 4 heteroatoms. The van der Waals surface area contributed by atoms with Crippen LogP contribution in [0.5, 0.6) is 0 Å². The van der Waals surface area contributed by atoms with E-state index >= 15 is 0 Å². The van der Waals surface area contributed by atoms with Crippen molar-refractivity contribution in [1.82, 2.24) is 9.80 Å². The highest BCUT2D eigenvalue weighted by molar-refractivity contribution is 5.98.